The number of aryl methyl sites for hydroxylation is 1. The van der Waals surface area contributed by atoms with Gasteiger partial charge < -0.3 is 4.90 Å². The van der Waals surface area contributed by atoms with Gasteiger partial charge >= 0.3 is 0 Å². The molecule has 10 heteroatoms. The van der Waals surface area contributed by atoms with Crippen molar-refractivity contribution in [3.8, 4) is 23.0 Å². The number of rotatable bonds is 4. The molecule has 0 bridgehead atoms. The summed E-state index contributed by atoms with van der Waals surface area (Å²) in [6, 6.07) is 3.87. The monoisotopic (exact) mass is 448 g/mol. The predicted octanol–water partition coefficient (Wildman–Crippen LogP) is 4.32. The molecule has 3 aromatic heterocycles. The third-order valence-corrected chi connectivity index (χ3v) is 6.59. The maximum absolute atomic E-state index is 14.5. The van der Waals surface area contributed by atoms with Crippen molar-refractivity contribution in [2.75, 3.05) is 4.90 Å². The number of aromatic nitrogens is 7. The molecule has 0 unspecified atom stereocenters. The lowest BCUT2D eigenvalue weighted by atomic mass is 9.89. The Hall–Kier alpha value is -3.69. The van der Waals surface area contributed by atoms with E-state index >= 15 is 0 Å². The van der Waals surface area contributed by atoms with Crippen LogP contribution in [-0.4, -0.2) is 40.3 Å². The highest BCUT2D eigenvalue weighted by atomic mass is 19.1. The highest BCUT2D eigenvalue weighted by Gasteiger charge is 2.40. The van der Waals surface area contributed by atoms with Crippen molar-refractivity contribution in [3.05, 3.63) is 60.1 Å². The Kier molecular flexibility index (Phi) is 4.49. The molecule has 6 rings (SSSR count). The van der Waals surface area contributed by atoms with E-state index < -0.39 is 11.6 Å². The van der Waals surface area contributed by atoms with Crippen LogP contribution in [0.25, 0.3) is 23.0 Å². The standard InChI is InChI=1S/C23H22F2N8/c1-3-18-22-30-29-13(2)32(22)19-12-27-23(28-21(19)33(18)15-5-4-6-15)31-10-9-26-20(31)16-8-7-14(24)11-17(16)25/h7-12,15,18H,3-6H2,1-2H3/t18-/m1/s1. The molecule has 8 nitrogen and oxygen atoms in total. The van der Waals surface area contributed by atoms with Gasteiger partial charge in [0.2, 0.25) is 5.95 Å². The van der Waals surface area contributed by atoms with Crippen LogP contribution < -0.4 is 4.90 Å². The lowest BCUT2D eigenvalue weighted by molar-refractivity contribution is 0.341. The zero-order chi connectivity index (χ0) is 22.7. The maximum Gasteiger partial charge on any atom is 0.237 e. The normalized spacial score (nSPS) is 17.6. The highest BCUT2D eigenvalue weighted by molar-refractivity contribution is 5.64. The van der Waals surface area contributed by atoms with Gasteiger partial charge in [-0.15, -0.1) is 10.2 Å². The van der Waals surface area contributed by atoms with Crippen LogP contribution in [0.2, 0.25) is 0 Å². The average Bonchev–Trinajstić information content (AvgIpc) is 3.40. The van der Waals surface area contributed by atoms with E-state index in [4.69, 9.17) is 4.98 Å². The quantitative estimate of drug-likeness (QED) is 0.463. The number of hydrogen-bond acceptors (Lipinski definition) is 6. The Balaban J connectivity index is 1.52. The Morgan fingerprint density at radius 1 is 1.12 bits per heavy atom. The minimum Gasteiger partial charge on any atom is -0.341 e. The Bertz CT molecular complexity index is 1360. The first-order chi connectivity index (χ1) is 16.1. The van der Waals surface area contributed by atoms with Gasteiger partial charge in [-0.25, -0.2) is 18.7 Å². The summed E-state index contributed by atoms with van der Waals surface area (Å²) in [4.78, 5) is 16.2. The summed E-state index contributed by atoms with van der Waals surface area (Å²) >= 11 is 0. The molecule has 1 atom stereocenters. The van der Waals surface area contributed by atoms with Crippen molar-refractivity contribution in [1.29, 1.82) is 0 Å². The zero-order valence-corrected chi connectivity index (χ0v) is 18.3. The number of benzene rings is 1. The molecule has 0 amide bonds. The van der Waals surface area contributed by atoms with Crippen LogP contribution in [0.3, 0.4) is 0 Å². The molecule has 1 saturated carbocycles. The SMILES string of the molecule is CC[C@@H]1c2nnc(C)n2-c2cnc(-n3ccnc3-c3ccc(F)cc3F)nc2N1C1CCC1. The first kappa shape index (κ1) is 20.0. The molecular formula is C23H22F2N8. The van der Waals surface area contributed by atoms with Crippen molar-refractivity contribution < 1.29 is 8.78 Å². The van der Waals surface area contributed by atoms with E-state index in [0.29, 0.717) is 17.8 Å². The van der Waals surface area contributed by atoms with Crippen molar-refractivity contribution in [2.24, 2.45) is 0 Å². The van der Waals surface area contributed by atoms with E-state index in [1.807, 2.05) is 11.5 Å². The first-order valence-electron chi connectivity index (χ1n) is 11.1. The molecule has 33 heavy (non-hydrogen) atoms. The van der Waals surface area contributed by atoms with Crippen LogP contribution in [0.1, 0.15) is 50.3 Å². The van der Waals surface area contributed by atoms with E-state index in [9.17, 15) is 8.78 Å². The van der Waals surface area contributed by atoms with Gasteiger partial charge in [-0.05, 0) is 44.7 Å². The van der Waals surface area contributed by atoms with Crippen LogP contribution in [0.15, 0.2) is 36.8 Å². The average molecular weight is 448 g/mol. The summed E-state index contributed by atoms with van der Waals surface area (Å²) < 4.78 is 31.6. The predicted molar refractivity (Wildman–Crippen MR) is 117 cm³/mol. The molecule has 1 aliphatic heterocycles. The lowest BCUT2D eigenvalue weighted by Gasteiger charge is -2.45. The molecule has 1 fully saturated rings. The number of imidazole rings is 1. The van der Waals surface area contributed by atoms with Gasteiger partial charge in [0, 0.05) is 24.5 Å². The van der Waals surface area contributed by atoms with Crippen molar-refractivity contribution in [1.82, 2.24) is 34.3 Å². The molecule has 0 N–H and O–H groups in total. The largest absolute Gasteiger partial charge is 0.341 e. The third kappa shape index (κ3) is 2.96. The summed E-state index contributed by atoms with van der Waals surface area (Å²) in [7, 11) is 0. The zero-order valence-electron chi connectivity index (χ0n) is 18.3. The molecular weight excluding hydrogens is 426 g/mol. The molecule has 4 aromatic rings. The van der Waals surface area contributed by atoms with Gasteiger partial charge in [0.1, 0.15) is 29.0 Å². The van der Waals surface area contributed by atoms with Gasteiger partial charge in [0.25, 0.3) is 0 Å². The molecule has 1 aromatic carbocycles. The molecule has 0 spiro atoms. The molecule has 0 saturated heterocycles. The smallest absolute Gasteiger partial charge is 0.237 e. The Morgan fingerprint density at radius 2 is 1.97 bits per heavy atom. The summed E-state index contributed by atoms with van der Waals surface area (Å²) in [5, 5.41) is 8.79. The van der Waals surface area contributed by atoms with Gasteiger partial charge in [0.15, 0.2) is 11.6 Å². The number of fused-ring (bicyclic) bond motifs is 3. The number of hydrogen-bond donors (Lipinski definition) is 0. The van der Waals surface area contributed by atoms with Crippen molar-refractivity contribution >= 4 is 5.82 Å². The fourth-order valence-electron chi connectivity index (χ4n) is 4.79. The maximum atomic E-state index is 14.5. The summed E-state index contributed by atoms with van der Waals surface area (Å²) in [5.74, 6) is 1.86. The van der Waals surface area contributed by atoms with Crippen LogP contribution in [0.5, 0.6) is 0 Å². The first-order valence-corrected chi connectivity index (χ1v) is 11.1. The van der Waals surface area contributed by atoms with E-state index in [2.05, 4.69) is 32.0 Å². The minimum absolute atomic E-state index is 0.0588. The molecule has 0 radical (unpaired) electrons. The fourth-order valence-corrected chi connectivity index (χ4v) is 4.79. The van der Waals surface area contributed by atoms with Crippen molar-refractivity contribution in [2.45, 2.75) is 51.6 Å². The number of halogens is 2. The summed E-state index contributed by atoms with van der Waals surface area (Å²) in [6.07, 6.45) is 9.25. The lowest BCUT2D eigenvalue weighted by Crippen LogP contribution is -2.46. The second-order valence-electron chi connectivity index (χ2n) is 8.48. The topological polar surface area (TPSA) is 77.5 Å². The molecule has 4 heterocycles. The second kappa shape index (κ2) is 7.43. The van der Waals surface area contributed by atoms with Gasteiger partial charge in [-0.3, -0.25) is 9.13 Å². The van der Waals surface area contributed by atoms with Crippen LogP contribution in [0.4, 0.5) is 14.6 Å². The van der Waals surface area contributed by atoms with Crippen LogP contribution in [0, 0.1) is 18.6 Å². The molecule has 168 valence electrons. The Morgan fingerprint density at radius 3 is 2.70 bits per heavy atom. The third-order valence-electron chi connectivity index (χ3n) is 6.59. The summed E-state index contributed by atoms with van der Waals surface area (Å²) in [6.45, 7) is 4.06. The van der Waals surface area contributed by atoms with Gasteiger partial charge in [0.05, 0.1) is 17.8 Å². The van der Waals surface area contributed by atoms with Gasteiger partial charge in [-0.2, -0.15) is 4.98 Å². The Labute approximate surface area is 189 Å². The van der Waals surface area contributed by atoms with E-state index in [1.165, 1.54) is 18.6 Å². The van der Waals surface area contributed by atoms with Crippen LogP contribution >= 0.6 is 0 Å². The van der Waals surface area contributed by atoms with Crippen molar-refractivity contribution in [3.63, 3.8) is 0 Å². The number of anilines is 1. The fraction of sp³-hybridized carbons (Fsp3) is 0.348. The minimum atomic E-state index is -0.688. The van der Waals surface area contributed by atoms with E-state index in [1.54, 1.807) is 23.2 Å². The highest BCUT2D eigenvalue weighted by Crippen LogP contribution is 2.44. The number of nitrogens with zero attached hydrogens (tertiary/aromatic N) is 8. The van der Waals surface area contributed by atoms with Gasteiger partial charge in [-0.1, -0.05) is 6.92 Å². The second-order valence-corrected chi connectivity index (χ2v) is 8.48. The van der Waals surface area contributed by atoms with Crippen LogP contribution in [-0.2, 0) is 0 Å². The molecule has 1 aliphatic carbocycles. The summed E-state index contributed by atoms with van der Waals surface area (Å²) in [5.41, 5.74) is 1.02. The van der Waals surface area contributed by atoms with E-state index in [0.717, 1.165) is 48.5 Å². The van der Waals surface area contributed by atoms with E-state index in [-0.39, 0.29) is 11.6 Å². The molecule has 2 aliphatic rings.